The molecule has 0 fully saturated rings. The molecule has 0 heterocycles. The van der Waals surface area contributed by atoms with E-state index < -0.39 is 0 Å². The highest BCUT2D eigenvalue weighted by molar-refractivity contribution is 5.79. The van der Waals surface area contributed by atoms with E-state index in [-0.39, 0.29) is 0 Å². The number of ether oxygens (including phenoxy) is 1. The van der Waals surface area contributed by atoms with Crippen LogP contribution >= 0.6 is 0 Å². The van der Waals surface area contributed by atoms with Gasteiger partial charge in [-0.3, -0.25) is 4.99 Å². The first-order chi connectivity index (χ1) is 14.8. The molecule has 2 aromatic carbocycles. The van der Waals surface area contributed by atoms with Crippen LogP contribution in [0.15, 0.2) is 53.5 Å². The highest BCUT2D eigenvalue weighted by atomic mass is 16.5. The summed E-state index contributed by atoms with van der Waals surface area (Å²) in [5.41, 5.74) is 3.70. The molecule has 0 N–H and O–H groups in total. The topological polar surface area (TPSA) is 21.6 Å². The summed E-state index contributed by atoms with van der Waals surface area (Å²) in [5.74, 6) is 0.904. The Hall–Kier alpha value is -2.09. The van der Waals surface area contributed by atoms with E-state index in [1.165, 1.54) is 75.3 Å². The van der Waals surface area contributed by atoms with Gasteiger partial charge < -0.3 is 4.74 Å². The Kier molecular flexibility index (Phi) is 12.7. The van der Waals surface area contributed by atoms with Crippen molar-refractivity contribution in [3.63, 3.8) is 0 Å². The third kappa shape index (κ3) is 10.6. The van der Waals surface area contributed by atoms with Gasteiger partial charge in [0.2, 0.25) is 0 Å². The molecule has 0 radical (unpaired) electrons. The number of nitrogens with zero attached hydrogens (tertiary/aromatic N) is 1. The Morgan fingerprint density at radius 2 is 1.23 bits per heavy atom. The SMILES string of the molecule is CCCCCCCCCCCCN=Cc1ccc(OCc2ccc(CC)cc2)cc1. The van der Waals surface area contributed by atoms with Gasteiger partial charge in [0.05, 0.1) is 0 Å². The highest BCUT2D eigenvalue weighted by Gasteiger charge is 1.97. The lowest BCUT2D eigenvalue weighted by atomic mass is 10.1. The molecule has 2 rings (SSSR count). The molecule has 2 heteroatoms. The van der Waals surface area contributed by atoms with E-state index in [1.54, 1.807) is 0 Å². The zero-order valence-electron chi connectivity index (χ0n) is 19.2. The fraction of sp³-hybridized carbons (Fsp3) is 0.536. The van der Waals surface area contributed by atoms with Gasteiger partial charge in [-0.15, -0.1) is 0 Å². The van der Waals surface area contributed by atoms with Gasteiger partial charge in [0.15, 0.2) is 0 Å². The van der Waals surface area contributed by atoms with E-state index in [1.807, 2.05) is 18.3 Å². The molecule has 2 aromatic rings. The first-order valence-corrected chi connectivity index (χ1v) is 12.1. The van der Waals surface area contributed by atoms with Crippen molar-refractivity contribution in [2.75, 3.05) is 6.54 Å². The van der Waals surface area contributed by atoms with Crippen LogP contribution < -0.4 is 4.74 Å². The molecule has 0 aliphatic rings. The van der Waals surface area contributed by atoms with Crippen LogP contribution in [-0.4, -0.2) is 12.8 Å². The Morgan fingerprint density at radius 3 is 1.83 bits per heavy atom. The summed E-state index contributed by atoms with van der Waals surface area (Å²) in [5, 5.41) is 0. The average Bonchev–Trinajstić information content (AvgIpc) is 2.79. The van der Waals surface area contributed by atoms with E-state index in [0.717, 1.165) is 24.3 Å². The Labute approximate surface area is 184 Å². The summed E-state index contributed by atoms with van der Waals surface area (Å²) in [6.07, 6.45) is 16.7. The number of hydrogen-bond donors (Lipinski definition) is 0. The second-order valence-corrected chi connectivity index (χ2v) is 8.25. The highest BCUT2D eigenvalue weighted by Crippen LogP contribution is 2.14. The molecular weight excluding hydrogens is 366 g/mol. The predicted molar refractivity (Wildman–Crippen MR) is 131 cm³/mol. The number of rotatable bonds is 16. The van der Waals surface area contributed by atoms with Gasteiger partial charge in [-0.25, -0.2) is 0 Å². The van der Waals surface area contributed by atoms with Crippen LogP contribution in [0.2, 0.25) is 0 Å². The molecule has 0 saturated carbocycles. The lowest BCUT2D eigenvalue weighted by molar-refractivity contribution is 0.306. The minimum absolute atomic E-state index is 0.607. The van der Waals surface area contributed by atoms with Crippen LogP contribution in [0.3, 0.4) is 0 Å². The van der Waals surface area contributed by atoms with Crippen LogP contribution in [0.5, 0.6) is 5.75 Å². The summed E-state index contributed by atoms with van der Waals surface area (Å²) in [6.45, 7) is 5.99. The molecule has 0 amide bonds. The third-order valence-electron chi connectivity index (χ3n) is 5.60. The van der Waals surface area contributed by atoms with Crippen molar-refractivity contribution in [1.29, 1.82) is 0 Å². The van der Waals surface area contributed by atoms with Crippen molar-refractivity contribution in [2.45, 2.75) is 91.1 Å². The average molecular weight is 408 g/mol. The fourth-order valence-corrected chi connectivity index (χ4v) is 3.55. The number of hydrogen-bond acceptors (Lipinski definition) is 2. The number of aryl methyl sites for hydroxylation is 1. The van der Waals surface area contributed by atoms with E-state index in [0.29, 0.717) is 6.61 Å². The first-order valence-electron chi connectivity index (χ1n) is 12.1. The van der Waals surface area contributed by atoms with E-state index in [9.17, 15) is 0 Å². The molecule has 2 nitrogen and oxygen atoms in total. The fourth-order valence-electron chi connectivity index (χ4n) is 3.55. The normalized spacial score (nSPS) is 11.3. The van der Waals surface area contributed by atoms with Crippen LogP contribution in [0.25, 0.3) is 0 Å². The van der Waals surface area contributed by atoms with Crippen molar-refractivity contribution in [3.8, 4) is 5.75 Å². The second-order valence-electron chi connectivity index (χ2n) is 8.25. The van der Waals surface area contributed by atoms with E-state index in [4.69, 9.17) is 4.74 Å². The number of unbranched alkanes of at least 4 members (excludes halogenated alkanes) is 9. The van der Waals surface area contributed by atoms with Gasteiger partial charge >= 0.3 is 0 Å². The summed E-state index contributed by atoms with van der Waals surface area (Å²) in [7, 11) is 0. The maximum atomic E-state index is 5.89. The van der Waals surface area contributed by atoms with Crippen LogP contribution in [-0.2, 0) is 13.0 Å². The lowest BCUT2D eigenvalue weighted by Crippen LogP contribution is -1.96. The van der Waals surface area contributed by atoms with Crippen molar-refractivity contribution in [3.05, 3.63) is 65.2 Å². The Morgan fingerprint density at radius 1 is 0.667 bits per heavy atom. The molecule has 0 saturated heterocycles. The minimum atomic E-state index is 0.607. The Bertz CT molecular complexity index is 688. The molecule has 0 aliphatic heterocycles. The van der Waals surface area contributed by atoms with Gasteiger partial charge in [0.1, 0.15) is 12.4 Å². The van der Waals surface area contributed by atoms with Crippen LogP contribution in [0.1, 0.15) is 94.7 Å². The standard InChI is InChI=1S/C28H41NO/c1-3-5-6-7-8-9-10-11-12-13-22-29-23-26-18-20-28(21-19-26)30-24-27-16-14-25(4-2)15-17-27/h14-21,23H,3-13,22,24H2,1-2H3. The zero-order valence-corrected chi connectivity index (χ0v) is 19.2. The van der Waals surface area contributed by atoms with E-state index >= 15 is 0 Å². The molecule has 0 bridgehead atoms. The smallest absolute Gasteiger partial charge is 0.119 e. The van der Waals surface area contributed by atoms with Crippen molar-refractivity contribution in [2.24, 2.45) is 4.99 Å². The predicted octanol–water partition coefficient (Wildman–Crippen LogP) is 8.17. The maximum Gasteiger partial charge on any atom is 0.119 e. The first kappa shape index (κ1) is 24.2. The lowest BCUT2D eigenvalue weighted by Gasteiger charge is -2.07. The number of aliphatic imine (C=N–C) groups is 1. The quantitative estimate of drug-likeness (QED) is 0.203. The monoisotopic (exact) mass is 407 g/mol. The van der Waals surface area contributed by atoms with Crippen molar-refractivity contribution >= 4 is 6.21 Å². The molecule has 0 unspecified atom stereocenters. The molecule has 0 aromatic heterocycles. The van der Waals surface area contributed by atoms with Crippen molar-refractivity contribution in [1.82, 2.24) is 0 Å². The van der Waals surface area contributed by atoms with Gasteiger partial charge in [-0.2, -0.15) is 0 Å². The molecule has 0 aliphatic carbocycles. The molecular formula is C28H41NO. The maximum absolute atomic E-state index is 5.89. The number of benzene rings is 2. The molecule has 0 atom stereocenters. The van der Waals surface area contributed by atoms with Crippen LogP contribution in [0, 0.1) is 0 Å². The van der Waals surface area contributed by atoms with Gasteiger partial charge in [-0.05, 0) is 53.8 Å². The zero-order chi connectivity index (χ0) is 21.3. The van der Waals surface area contributed by atoms with Gasteiger partial charge in [0, 0.05) is 12.8 Å². The van der Waals surface area contributed by atoms with Crippen molar-refractivity contribution < 1.29 is 4.74 Å². The Balaban J connectivity index is 1.54. The molecule has 164 valence electrons. The largest absolute Gasteiger partial charge is 0.489 e. The van der Waals surface area contributed by atoms with E-state index in [2.05, 4.69) is 55.2 Å². The summed E-state index contributed by atoms with van der Waals surface area (Å²) in [4.78, 5) is 4.58. The summed E-state index contributed by atoms with van der Waals surface area (Å²) < 4.78 is 5.89. The van der Waals surface area contributed by atoms with Gasteiger partial charge in [-0.1, -0.05) is 95.9 Å². The molecule has 0 spiro atoms. The second kappa shape index (κ2) is 15.7. The van der Waals surface area contributed by atoms with Gasteiger partial charge in [0.25, 0.3) is 0 Å². The third-order valence-corrected chi connectivity index (χ3v) is 5.60. The van der Waals surface area contributed by atoms with Crippen LogP contribution in [0.4, 0.5) is 0 Å². The minimum Gasteiger partial charge on any atom is -0.489 e. The summed E-state index contributed by atoms with van der Waals surface area (Å²) >= 11 is 0. The molecule has 30 heavy (non-hydrogen) atoms. The summed E-state index contributed by atoms with van der Waals surface area (Å²) in [6, 6.07) is 16.9.